The van der Waals surface area contributed by atoms with Crippen LogP contribution in [-0.4, -0.2) is 30.3 Å². The van der Waals surface area contributed by atoms with Gasteiger partial charge in [-0.15, -0.1) is 5.10 Å². The summed E-state index contributed by atoms with van der Waals surface area (Å²) < 4.78 is 43.0. The van der Waals surface area contributed by atoms with Crippen molar-refractivity contribution < 1.29 is 22.0 Å². The summed E-state index contributed by atoms with van der Waals surface area (Å²) in [5, 5.41) is 10.4. The molecule has 1 N–H and O–H groups in total. The van der Waals surface area contributed by atoms with Crippen molar-refractivity contribution in [2.24, 2.45) is 0 Å². The minimum absolute atomic E-state index is 0.0286. The number of nitrogens with one attached hydrogen (secondary N) is 1. The van der Waals surface area contributed by atoms with Crippen molar-refractivity contribution in [1.29, 1.82) is 0 Å². The first-order valence-electron chi connectivity index (χ1n) is 10.1. The van der Waals surface area contributed by atoms with E-state index in [0.29, 0.717) is 5.89 Å². The van der Waals surface area contributed by atoms with Gasteiger partial charge in [-0.3, -0.25) is 10.1 Å². The van der Waals surface area contributed by atoms with Gasteiger partial charge in [0, 0.05) is 12.0 Å². The Hall–Kier alpha value is -3.07. The van der Waals surface area contributed by atoms with Crippen molar-refractivity contribution in [3.8, 4) is 11.5 Å². The van der Waals surface area contributed by atoms with Crippen LogP contribution in [-0.2, 0) is 27.5 Å². The third-order valence-electron chi connectivity index (χ3n) is 5.26. The Balaban J connectivity index is 1.31. The number of carbonyl (C=O) groups is 1. The largest absolute Gasteiger partial charge is 0.403 e. The summed E-state index contributed by atoms with van der Waals surface area (Å²) in [6.07, 6.45) is 4.56. The zero-order chi connectivity index (χ0) is 21.8. The molecule has 0 fully saturated rings. The third kappa shape index (κ3) is 5.16. The van der Waals surface area contributed by atoms with Gasteiger partial charge in [0.15, 0.2) is 9.84 Å². The highest BCUT2D eigenvalue weighted by Crippen LogP contribution is 2.27. The summed E-state index contributed by atoms with van der Waals surface area (Å²) in [6.45, 7) is 0. The molecule has 1 amide bonds. The van der Waals surface area contributed by atoms with E-state index < -0.39 is 21.6 Å². The Morgan fingerprint density at radius 3 is 2.55 bits per heavy atom. The first kappa shape index (κ1) is 21.2. The number of aromatic nitrogens is 2. The fourth-order valence-electron chi connectivity index (χ4n) is 3.62. The van der Waals surface area contributed by atoms with Crippen LogP contribution in [0.1, 0.15) is 36.8 Å². The summed E-state index contributed by atoms with van der Waals surface area (Å²) in [4.78, 5) is 12.2. The fraction of sp³-hybridized carbons (Fsp3) is 0.318. The highest BCUT2D eigenvalue weighted by atomic mass is 32.2. The van der Waals surface area contributed by atoms with Crippen LogP contribution in [0.3, 0.4) is 0 Å². The van der Waals surface area contributed by atoms with Gasteiger partial charge in [0.2, 0.25) is 11.8 Å². The van der Waals surface area contributed by atoms with E-state index in [4.69, 9.17) is 4.42 Å². The molecule has 0 saturated heterocycles. The minimum Gasteiger partial charge on any atom is -0.403 e. The topological polar surface area (TPSA) is 102 Å². The van der Waals surface area contributed by atoms with E-state index in [0.717, 1.165) is 30.5 Å². The average Bonchev–Trinajstić information content (AvgIpc) is 3.22. The first-order valence-corrected chi connectivity index (χ1v) is 11.8. The lowest BCUT2D eigenvalue weighted by atomic mass is 9.90. The number of halogens is 1. The summed E-state index contributed by atoms with van der Waals surface area (Å²) in [7, 11) is -3.58. The van der Waals surface area contributed by atoms with Crippen molar-refractivity contribution in [3.63, 3.8) is 0 Å². The van der Waals surface area contributed by atoms with Crippen LogP contribution in [0.2, 0.25) is 0 Å². The first-order chi connectivity index (χ1) is 14.9. The molecule has 0 unspecified atom stereocenters. The van der Waals surface area contributed by atoms with Gasteiger partial charge in [-0.25, -0.2) is 12.8 Å². The molecule has 0 aliphatic heterocycles. The summed E-state index contributed by atoms with van der Waals surface area (Å²) in [6, 6.07) is 10.6. The number of benzene rings is 2. The predicted octanol–water partition coefficient (Wildman–Crippen LogP) is 3.95. The molecule has 1 aromatic heterocycles. The molecule has 4 rings (SSSR count). The second-order valence-corrected chi connectivity index (χ2v) is 9.64. The van der Waals surface area contributed by atoms with Gasteiger partial charge in [-0.1, -0.05) is 11.2 Å². The van der Waals surface area contributed by atoms with Gasteiger partial charge in [-0.05, 0) is 79.6 Å². The standard InChI is InChI=1S/C22H22FN3O4S/c23-18-9-11-19(12-10-18)31(28,29)13-3-6-20(27)24-22-26-25-21(30-22)17-8-7-15-4-1-2-5-16(15)14-17/h7-12,14H,1-6,13H2,(H,24,26,27). The van der Waals surface area contributed by atoms with E-state index in [2.05, 4.69) is 21.6 Å². The van der Waals surface area contributed by atoms with E-state index in [1.807, 2.05) is 12.1 Å². The molecule has 1 aliphatic rings. The molecule has 3 aromatic rings. The molecule has 9 heteroatoms. The number of amides is 1. The van der Waals surface area contributed by atoms with Gasteiger partial charge in [0.1, 0.15) is 5.82 Å². The number of anilines is 1. The normalized spacial score (nSPS) is 13.6. The van der Waals surface area contributed by atoms with Crippen LogP contribution >= 0.6 is 0 Å². The van der Waals surface area contributed by atoms with Crippen molar-refractivity contribution in [3.05, 3.63) is 59.4 Å². The summed E-state index contributed by atoms with van der Waals surface area (Å²) >= 11 is 0. The molecule has 162 valence electrons. The van der Waals surface area contributed by atoms with Gasteiger partial charge in [0.05, 0.1) is 10.6 Å². The number of hydrogen-bond donors (Lipinski definition) is 1. The van der Waals surface area contributed by atoms with E-state index in [1.165, 1.54) is 36.1 Å². The molecular weight excluding hydrogens is 421 g/mol. The molecule has 0 saturated carbocycles. The zero-order valence-corrected chi connectivity index (χ0v) is 17.6. The van der Waals surface area contributed by atoms with Crippen LogP contribution in [0.15, 0.2) is 51.8 Å². The van der Waals surface area contributed by atoms with E-state index in [9.17, 15) is 17.6 Å². The maximum atomic E-state index is 13.0. The Morgan fingerprint density at radius 1 is 1.03 bits per heavy atom. The van der Waals surface area contributed by atoms with Crippen LogP contribution in [0, 0.1) is 5.82 Å². The Bertz CT molecular complexity index is 1190. The molecular formula is C22H22FN3O4S. The monoisotopic (exact) mass is 443 g/mol. The lowest BCUT2D eigenvalue weighted by molar-refractivity contribution is -0.116. The van der Waals surface area contributed by atoms with Crippen LogP contribution < -0.4 is 5.32 Å². The number of aryl methyl sites for hydroxylation is 2. The molecule has 0 atom stereocenters. The lowest BCUT2D eigenvalue weighted by Gasteiger charge is -2.15. The summed E-state index contributed by atoms with van der Waals surface area (Å²) in [5.74, 6) is -0.832. The minimum atomic E-state index is -3.58. The second kappa shape index (κ2) is 8.97. The maximum absolute atomic E-state index is 13.0. The summed E-state index contributed by atoms with van der Waals surface area (Å²) in [5.41, 5.74) is 3.44. The van der Waals surface area contributed by atoms with Gasteiger partial charge in [0.25, 0.3) is 0 Å². The molecule has 31 heavy (non-hydrogen) atoms. The Morgan fingerprint density at radius 2 is 1.77 bits per heavy atom. The number of hydrogen-bond acceptors (Lipinski definition) is 6. The van der Waals surface area contributed by atoms with E-state index in [-0.39, 0.29) is 29.5 Å². The molecule has 0 bridgehead atoms. The maximum Gasteiger partial charge on any atom is 0.322 e. The molecule has 7 nitrogen and oxygen atoms in total. The molecule has 1 aliphatic carbocycles. The van der Waals surface area contributed by atoms with Crippen molar-refractivity contribution in [1.82, 2.24) is 10.2 Å². The molecule has 0 radical (unpaired) electrons. The van der Waals surface area contributed by atoms with Crippen molar-refractivity contribution in [2.45, 2.75) is 43.4 Å². The van der Waals surface area contributed by atoms with Crippen LogP contribution in [0.25, 0.3) is 11.5 Å². The number of sulfone groups is 1. The highest BCUT2D eigenvalue weighted by Gasteiger charge is 2.17. The van der Waals surface area contributed by atoms with Crippen LogP contribution in [0.5, 0.6) is 0 Å². The van der Waals surface area contributed by atoms with Gasteiger partial charge < -0.3 is 4.42 Å². The smallest absolute Gasteiger partial charge is 0.322 e. The van der Waals surface area contributed by atoms with Crippen LogP contribution in [0.4, 0.5) is 10.4 Å². The van der Waals surface area contributed by atoms with Crippen molar-refractivity contribution >= 4 is 21.8 Å². The molecule has 2 aromatic carbocycles. The van der Waals surface area contributed by atoms with Gasteiger partial charge >= 0.3 is 6.01 Å². The van der Waals surface area contributed by atoms with Gasteiger partial charge in [-0.2, -0.15) is 0 Å². The number of fused-ring (bicyclic) bond motifs is 1. The van der Waals surface area contributed by atoms with E-state index in [1.54, 1.807) is 0 Å². The Kier molecular flexibility index (Phi) is 6.13. The SMILES string of the molecule is O=C(CCCS(=O)(=O)c1ccc(F)cc1)Nc1nnc(-c2ccc3c(c2)CCCC3)o1. The second-order valence-electron chi connectivity index (χ2n) is 7.53. The van der Waals surface area contributed by atoms with Crippen molar-refractivity contribution in [2.75, 3.05) is 11.1 Å². The molecule has 0 spiro atoms. The quantitative estimate of drug-likeness (QED) is 0.555. The van der Waals surface area contributed by atoms with E-state index >= 15 is 0 Å². The lowest BCUT2D eigenvalue weighted by Crippen LogP contribution is -2.14. The number of rotatable bonds is 7. The third-order valence-corrected chi connectivity index (χ3v) is 7.07. The number of nitrogens with zero attached hydrogens (tertiary/aromatic N) is 2. The predicted molar refractivity (Wildman–Crippen MR) is 113 cm³/mol. The average molecular weight is 444 g/mol. The molecule has 1 heterocycles. The zero-order valence-electron chi connectivity index (χ0n) is 16.8. The Labute approximate surface area is 179 Å². The number of carbonyl (C=O) groups excluding carboxylic acids is 1. The fourth-order valence-corrected chi connectivity index (χ4v) is 4.93. The highest BCUT2D eigenvalue weighted by molar-refractivity contribution is 7.91.